The topological polar surface area (TPSA) is 38.7 Å². The second kappa shape index (κ2) is 5.96. The highest BCUT2D eigenvalue weighted by Crippen LogP contribution is 2.16. The van der Waals surface area contributed by atoms with E-state index in [1.54, 1.807) is 26.0 Å². The zero-order valence-electron chi connectivity index (χ0n) is 9.44. The van der Waals surface area contributed by atoms with Gasteiger partial charge in [-0.2, -0.15) is 0 Å². The zero-order chi connectivity index (χ0) is 12.1. The predicted octanol–water partition coefficient (Wildman–Crippen LogP) is 2.87. The molecule has 0 saturated heterocycles. The van der Waals surface area contributed by atoms with E-state index >= 15 is 0 Å². The number of ketones is 1. The van der Waals surface area contributed by atoms with Gasteiger partial charge in [-0.05, 0) is 56.3 Å². The van der Waals surface area contributed by atoms with Crippen LogP contribution in [0.5, 0.6) is 0 Å². The van der Waals surface area contributed by atoms with Crippen molar-refractivity contribution < 1.29 is 9.53 Å². The molecule has 0 heterocycles. The van der Waals surface area contributed by atoms with E-state index in [9.17, 15) is 4.79 Å². The van der Waals surface area contributed by atoms with Gasteiger partial charge in [-0.25, -0.2) is 4.40 Å². The van der Waals surface area contributed by atoms with Crippen LogP contribution in [0.1, 0.15) is 20.8 Å². The smallest absolute Gasteiger partial charge is 0.242 e. The van der Waals surface area contributed by atoms with Gasteiger partial charge in [0.2, 0.25) is 4.38 Å². The molecule has 86 valence electrons. The molecule has 0 amide bonds. The molecule has 0 aromatic heterocycles. The second-order valence-electron chi connectivity index (χ2n) is 3.27. The van der Waals surface area contributed by atoms with E-state index in [4.69, 9.17) is 17.0 Å². The number of carbonyl (C=O) groups excluding carboxylic acids is 1. The minimum Gasteiger partial charge on any atom is -0.478 e. The summed E-state index contributed by atoms with van der Waals surface area (Å²) in [6, 6.07) is 0. The highest BCUT2D eigenvalue weighted by Gasteiger charge is 2.13. The molecule has 0 aromatic rings. The van der Waals surface area contributed by atoms with Crippen molar-refractivity contribution >= 4 is 40.0 Å². The van der Waals surface area contributed by atoms with Gasteiger partial charge < -0.3 is 4.74 Å². The van der Waals surface area contributed by atoms with Crippen LogP contribution in [0.15, 0.2) is 27.7 Å². The maximum absolute atomic E-state index is 11.5. The molecule has 0 saturated carbocycles. The highest BCUT2D eigenvalue weighted by molar-refractivity contribution is 8.21. The van der Waals surface area contributed by atoms with E-state index < -0.39 is 0 Å². The Balaban J connectivity index is 2.71. The summed E-state index contributed by atoms with van der Waals surface area (Å²) in [5.41, 5.74) is 2.13. The Bertz CT molecular complexity index is 384. The quantitative estimate of drug-likeness (QED) is 0.432. The van der Waals surface area contributed by atoms with E-state index in [0.29, 0.717) is 22.1 Å². The first-order valence-corrected chi connectivity index (χ1v) is 6.05. The number of nitrogens with zero attached hydrogens (tertiary/aromatic N) is 1. The fourth-order valence-corrected chi connectivity index (χ4v) is 1.90. The number of ether oxygens (including phenoxy) is 1. The Morgan fingerprint density at radius 2 is 2.00 bits per heavy atom. The first kappa shape index (κ1) is 13.1. The molecule has 0 aliphatic heterocycles. The monoisotopic (exact) mass is 255 g/mol. The molecule has 0 spiro atoms. The van der Waals surface area contributed by atoms with Gasteiger partial charge in [0, 0.05) is 0 Å². The molecular weight excluding hydrogens is 242 g/mol. The second-order valence-corrected chi connectivity index (χ2v) is 4.64. The third-order valence-corrected chi connectivity index (χ3v) is 2.84. The summed E-state index contributed by atoms with van der Waals surface area (Å²) in [4.78, 5) is 11.5. The first-order valence-electron chi connectivity index (χ1n) is 4.87. The minimum absolute atomic E-state index is 0.0661. The lowest BCUT2D eigenvalue weighted by molar-refractivity contribution is -0.112. The molecular formula is C11H13NO2S2. The fourth-order valence-electron chi connectivity index (χ4n) is 1.21. The number of hydrogen-bond donors (Lipinski definition) is 0. The van der Waals surface area contributed by atoms with Gasteiger partial charge in [-0.1, -0.05) is 0 Å². The molecule has 0 aromatic carbocycles. The molecule has 0 radical (unpaired) electrons. The molecule has 1 aliphatic rings. The lowest BCUT2D eigenvalue weighted by atomic mass is 9.98. The maximum atomic E-state index is 11.5. The number of hydrogen-bond acceptors (Lipinski definition) is 5. The molecule has 5 heteroatoms. The van der Waals surface area contributed by atoms with Crippen molar-refractivity contribution in [3.05, 3.63) is 23.3 Å². The lowest BCUT2D eigenvalue weighted by Gasteiger charge is -2.08. The summed E-state index contributed by atoms with van der Waals surface area (Å²) in [6.45, 7) is 5.96. The Labute approximate surface area is 105 Å². The number of Topliss-reactive ketones (excluding diaryl/α,β-unsaturated/α-hetero) is 1. The van der Waals surface area contributed by atoms with Crippen molar-refractivity contribution in [2.24, 2.45) is 4.40 Å². The number of rotatable bonds is 2. The summed E-state index contributed by atoms with van der Waals surface area (Å²) >= 11 is 6.04. The van der Waals surface area contributed by atoms with Crippen molar-refractivity contribution in [3.63, 3.8) is 0 Å². The van der Waals surface area contributed by atoms with Gasteiger partial charge in [-0.3, -0.25) is 4.79 Å². The molecule has 0 bridgehead atoms. The summed E-state index contributed by atoms with van der Waals surface area (Å²) in [5.74, 6) is 0.0661. The standard InChI is InChI=1S/C11H13NO2S2/c1-4-14-11(15)16-12-9-5-7(2)10(13)8(3)6-9/h5-6H,4H2,1-3H3. The molecule has 3 nitrogen and oxygen atoms in total. The Kier molecular flexibility index (Phi) is 4.89. The van der Waals surface area contributed by atoms with Crippen LogP contribution in [0.4, 0.5) is 0 Å². The summed E-state index contributed by atoms with van der Waals surface area (Å²) in [5, 5.41) is 0. The van der Waals surface area contributed by atoms with Crippen molar-refractivity contribution in [3.8, 4) is 0 Å². The van der Waals surface area contributed by atoms with Crippen molar-refractivity contribution in [1.29, 1.82) is 0 Å². The average Bonchev–Trinajstić information content (AvgIpc) is 2.23. The SMILES string of the molecule is CCOC(=S)SN=C1C=C(C)C(=O)C(C)=C1. The predicted molar refractivity (Wildman–Crippen MR) is 71.8 cm³/mol. The molecule has 0 unspecified atom stereocenters. The van der Waals surface area contributed by atoms with Crippen molar-refractivity contribution in [2.45, 2.75) is 20.8 Å². The summed E-state index contributed by atoms with van der Waals surface area (Å²) < 4.78 is 9.68. The van der Waals surface area contributed by atoms with Crippen LogP contribution in [-0.2, 0) is 9.53 Å². The van der Waals surface area contributed by atoms with Gasteiger partial charge in [0.25, 0.3) is 0 Å². The zero-order valence-corrected chi connectivity index (χ0v) is 11.1. The summed E-state index contributed by atoms with van der Waals surface area (Å²) in [7, 11) is 0. The van der Waals surface area contributed by atoms with Crippen LogP contribution in [0.3, 0.4) is 0 Å². The molecule has 1 aliphatic carbocycles. The Morgan fingerprint density at radius 1 is 1.44 bits per heavy atom. The number of carbonyl (C=O) groups is 1. The third kappa shape index (κ3) is 3.57. The average molecular weight is 255 g/mol. The molecule has 0 fully saturated rings. The van der Waals surface area contributed by atoms with E-state index in [0.717, 1.165) is 17.7 Å². The number of allylic oxidation sites excluding steroid dienone is 4. The van der Waals surface area contributed by atoms with Crippen LogP contribution in [0, 0.1) is 0 Å². The van der Waals surface area contributed by atoms with Gasteiger partial charge in [0.15, 0.2) is 5.78 Å². The van der Waals surface area contributed by atoms with Crippen LogP contribution in [-0.4, -0.2) is 22.5 Å². The van der Waals surface area contributed by atoms with Crippen LogP contribution in [0.2, 0.25) is 0 Å². The van der Waals surface area contributed by atoms with Gasteiger partial charge in [-0.15, -0.1) is 0 Å². The largest absolute Gasteiger partial charge is 0.478 e. The van der Waals surface area contributed by atoms with E-state index in [1.165, 1.54) is 0 Å². The Morgan fingerprint density at radius 3 is 2.50 bits per heavy atom. The van der Waals surface area contributed by atoms with Crippen LogP contribution < -0.4 is 0 Å². The van der Waals surface area contributed by atoms with Gasteiger partial charge >= 0.3 is 0 Å². The van der Waals surface area contributed by atoms with Crippen LogP contribution in [0.25, 0.3) is 0 Å². The molecule has 0 atom stereocenters. The van der Waals surface area contributed by atoms with E-state index in [2.05, 4.69) is 4.40 Å². The molecule has 16 heavy (non-hydrogen) atoms. The van der Waals surface area contributed by atoms with Crippen molar-refractivity contribution in [2.75, 3.05) is 6.61 Å². The van der Waals surface area contributed by atoms with E-state index in [-0.39, 0.29) is 5.78 Å². The van der Waals surface area contributed by atoms with Crippen molar-refractivity contribution in [1.82, 2.24) is 0 Å². The Hall–Kier alpha value is -0.940. The molecule has 0 N–H and O–H groups in total. The fraction of sp³-hybridized carbons (Fsp3) is 0.364. The van der Waals surface area contributed by atoms with Gasteiger partial charge in [0.1, 0.15) is 0 Å². The third-order valence-electron chi connectivity index (χ3n) is 1.93. The van der Waals surface area contributed by atoms with Gasteiger partial charge in [0.05, 0.1) is 24.3 Å². The highest BCUT2D eigenvalue weighted by atomic mass is 32.2. The first-order chi connectivity index (χ1) is 7.54. The number of thiocarbonyl (C=S) groups is 1. The molecule has 1 rings (SSSR count). The maximum Gasteiger partial charge on any atom is 0.242 e. The normalized spacial score (nSPS) is 15.4. The van der Waals surface area contributed by atoms with E-state index in [1.807, 2.05) is 6.92 Å². The lowest BCUT2D eigenvalue weighted by Crippen LogP contribution is -2.10. The summed E-state index contributed by atoms with van der Waals surface area (Å²) in [6.07, 6.45) is 3.49. The minimum atomic E-state index is 0.0661. The van der Waals surface area contributed by atoms with Crippen LogP contribution >= 0.6 is 24.2 Å².